The number of halogens is 1. The molecule has 2 rings (SSSR count). The van der Waals surface area contributed by atoms with Gasteiger partial charge in [0.15, 0.2) is 5.78 Å². The van der Waals surface area contributed by atoms with E-state index in [2.05, 4.69) is 11.9 Å². The lowest BCUT2D eigenvalue weighted by Crippen LogP contribution is -2.14. The number of nitrogens with zero attached hydrogens (tertiary/aromatic N) is 1. The molecule has 0 saturated carbocycles. The Labute approximate surface area is 155 Å². The largest absolute Gasteiger partial charge is 0.390 e. The molecular weight excluding hydrogens is 329 g/mol. The summed E-state index contributed by atoms with van der Waals surface area (Å²) in [5.41, 5.74) is 4.60. The summed E-state index contributed by atoms with van der Waals surface area (Å²) < 4.78 is 13.5. The topological polar surface area (TPSA) is 50.2 Å². The standard InChI is InChI=1S/C22H28FNO2/c1-5-6-7-8-18-21(16-9-11-17(23)12-10-16)20(14(2)3)19(13-25)24-22(18)15(4)26/h9-12,14,25H,5-8,13H2,1-4H3. The molecule has 0 atom stereocenters. The van der Waals surface area contributed by atoms with Crippen LogP contribution in [-0.2, 0) is 13.0 Å². The van der Waals surface area contributed by atoms with Crippen LogP contribution in [0.4, 0.5) is 4.39 Å². The van der Waals surface area contributed by atoms with Gasteiger partial charge < -0.3 is 5.11 Å². The van der Waals surface area contributed by atoms with Crippen LogP contribution in [-0.4, -0.2) is 15.9 Å². The highest BCUT2D eigenvalue weighted by atomic mass is 19.1. The van der Waals surface area contributed by atoms with E-state index in [0.29, 0.717) is 11.4 Å². The van der Waals surface area contributed by atoms with E-state index in [0.717, 1.165) is 47.9 Å². The van der Waals surface area contributed by atoms with Crippen LogP contribution >= 0.6 is 0 Å². The fourth-order valence-corrected chi connectivity index (χ4v) is 3.46. The Morgan fingerprint density at radius 1 is 1.19 bits per heavy atom. The van der Waals surface area contributed by atoms with Crippen molar-refractivity contribution < 1.29 is 14.3 Å². The van der Waals surface area contributed by atoms with Crippen LogP contribution in [0.5, 0.6) is 0 Å². The molecule has 26 heavy (non-hydrogen) atoms. The first-order chi connectivity index (χ1) is 12.4. The van der Waals surface area contributed by atoms with Crippen LogP contribution in [0, 0.1) is 5.82 Å². The van der Waals surface area contributed by atoms with Crippen LogP contribution in [0.25, 0.3) is 11.1 Å². The van der Waals surface area contributed by atoms with Crippen molar-refractivity contribution in [2.45, 2.75) is 65.9 Å². The molecule has 0 aliphatic carbocycles. The van der Waals surface area contributed by atoms with Gasteiger partial charge in [-0.15, -0.1) is 0 Å². The van der Waals surface area contributed by atoms with Gasteiger partial charge in [-0.1, -0.05) is 45.7 Å². The second kappa shape index (κ2) is 9.04. The highest BCUT2D eigenvalue weighted by Crippen LogP contribution is 2.37. The molecule has 1 aromatic heterocycles. The molecule has 0 radical (unpaired) electrons. The van der Waals surface area contributed by atoms with E-state index in [1.54, 1.807) is 12.1 Å². The number of hydrogen-bond acceptors (Lipinski definition) is 3. The van der Waals surface area contributed by atoms with Gasteiger partial charge in [0.25, 0.3) is 0 Å². The zero-order valence-electron chi connectivity index (χ0n) is 16.1. The lowest BCUT2D eigenvalue weighted by atomic mass is 9.84. The van der Waals surface area contributed by atoms with Crippen molar-refractivity contribution in [2.75, 3.05) is 0 Å². The van der Waals surface area contributed by atoms with Gasteiger partial charge in [0, 0.05) is 6.92 Å². The Balaban J connectivity index is 2.81. The third-order valence-corrected chi connectivity index (χ3v) is 4.64. The minimum Gasteiger partial charge on any atom is -0.390 e. The average Bonchev–Trinajstić information content (AvgIpc) is 2.61. The summed E-state index contributed by atoms with van der Waals surface area (Å²) in [6, 6.07) is 6.35. The summed E-state index contributed by atoms with van der Waals surface area (Å²) in [6.45, 7) is 7.52. The molecule has 0 aliphatic heterocycles. The number of pyridine rings is 1. The van der Waals surface area contributed by atoms with Crippen LogP contribution < -0.4 is 0 Å². The zero-order chi connectivity index (χ0) is 19.3. The Kier molecular flexibility index (Phi) is 7.04. The zero-order valence-corrected chi connectivity index (χ0v) is 16.1. The van der Waals surface area contributed by atoms with E-state index < -0.39 is 0 Å². The number of aliphatic hydroxyl groups excluding tert-OH is 1. The predicted octanol–water partition coefficient (Wildman–Crippen LogP) is 5.44. The molecule has 2 aromatic rings. The minimum atomic E-state index is -0.296. The Morgan fingerprint density at radius 3 is 2.35 bits per heavy atom. The summed E-state index contributed by atoms with van der Waals surface area (Å²) in [6.07, 6.45) is 3.86. The molecule has 1 aromatic carbocycles. The summed E-state index contributed by atoms with van der Waals surface area (Å²) in [5, 5.41) is 9.86. The van der Waals surface area contributed by atoms with E-state index >= 15 is 0 Å². The first-order valence-electron chi connectivity index (χ1n) is 9.34. The van der Waals surface area contributed by atoms with Gasteiger partial charge in [-0.3, -0.25) is 4.79 Å². The van der Waals surface area contributed by atoms with Crippen molar-refractivity contribution in [3.05, 3.63) is 52.6 Å². The SMILES string of the molecule is CCCCCc1c(C(C)=O)nc(CO)c(C(C)C)c1-c1ccc(F)cc1. The van der Waals surface area contributed by atoms with Crippen LogP contribution in [0.15, 0.2) is 24.3 Å². The summed E-state index contributed by atoms with van der Waals surface area (Å²) in [4.78, 5) is 16.8. The monoisotopic (exact) mass is 357 g/mol. The lowest BCUT2D eigenvalue weighted by molar-refractivity contribution is 0.101. The number of aromatic nitrogens is 1. The number of carbonyl (C=O) groups excluding carboxylic acids is 1. The molecule has 140 valence electrons. The normalized spacial score (nSPS) is 11.2. The van der Waals surface area contributed by atoms with E-state index in [9.17, 15) is 14.3 Å². The van der Waals surface area contributed by atoms with Crippen molar-refractivity contribution in [3.63, 3.8) is 0 Å². The Morgan fingerprint density at radius 2 is 1.85 bits per heavy atom. The lowest BCUT2D eigenvalue weighted by Gasteiger charge is -2.23. The van der Waals surface area contributed by atoms with Crippen LogP contribution in [0.1, 0.15) is 80.2 Å². The molecule has 0 saturated heterocycles. The number of benzene rings is 1. The number of Topliss-reactive ketones (excluding diaryl/α,β-unsaturated/α-hetero) is 1. The molecule has 0 amide bonds. The number of unbranched alkanes of at least 4 members (excludes halogenated alkanes) is 2. The number of rotatable bonds is 8. The Hall–Kier alpha value is -2.07. The summed E-state index contributed by atoms with van der Waals surface area (Å²) in [5.74, 6) is -0.281. The molecule has 0 bridgehead atoms. The van der Waals surface area contributed by atoms with Gasteiger partial charge >= 0.3 is 0 Å². The van der Waals surface area contributed by atoms with Crippen LogP contribution in [0.3, 0.4) is 0 Å². The van der Waals surface area contributed by atoms with Gasteiger partial charge in [-0.05, 0) is 53.1 Å². The maximum absolute atomic E-state index is 13.5. The van der Waals surface area contributed by atoms with E-state index in [-0.39, 0.29) is 24.1 Å². The fraction of sp³-hybridized carbons (Fsp3) is 0.455. The second-order valence-electron chi connectivity index (χ2n) is 7.01. The van der Waals surface area contributed by atoms with E-state index in [1.807, 2.05) is 13.8 Å². The third-order valence-electron chi connectivity index (χ3n) is 4.64. The van der Waals surface area contributed by atoms with Crippen molar-refractivity contribution in [2.24, 2.45) is 0 Å². The molecule has 0 aliphatic rings. The quantitative estimate of drug-likeness (QED) is 0.505. The van der Waals surface area contributed by atoms with E-state index in [4.69, 9.17) is 0 Å². The molecule has 0 spiro atoms. The molecule has 1 N–H and O–H groups in total. The number of ketones is 1. The van der Waals surface area contributed by atoms with Crippen molar-refractivity contribution >= 4 is 5.78 Å². The maximum Gasteiger partial charge on any atom is 0.178 e. The first kappa shape index (κ1) is 20.2. The maximum atomic E-state index is 13.5. The van der Waals surface area contributed by atoms with Crippen molar-refractivity contribution in [1.82, 2.24) is 4.98 Å². The molecule has 4 heteroatoms. The molecule has 1 heterocycles. The predicted molar refractivity (Wildman–Crippen MR) is 103 cm³/mol. The van der Waals surface area contributed by atoms with Crippen LogP contribution in [0.2, 0.25) is 0 Å². The van der Waals surface area contributed by atoms with Crippen molar-refractivity contribution in [1.29, 1.82) is 0 Å². The van der Waals surface area contributed by atoms with E-state index in [1.165, 1.54) is 19.1 Å². The van der Waals surface area contributed by atoms with Gasteiger partial charge in [-0.25, -0.2) is 9.37 Å². The molecule has 3 nitrogen and oxygen atoms in total. The number of hydrogen-bond donors (Lipinski definition) is 1. The highest BCUT2D eigenvalue weighted by molar-refractivity contribution is 5.96. The number of aliphatic hydroxyl groups is 1. The van der Waals surface area contributed by atoms with Gasteiger partial charge in [0.05, 0.1) is 12.3 Å². The molecular formula is C22H28FNO2. The average molecular weight is 357 g/mol. The first-order valence-corrected chi connectivity index (χ1v) is 9.34. The molecule has 0 unspecified atom stereocenters. The number of carbonyl (C=O) groups is 1. The highest BCUT2D eigenvalue weighted by Gasteiger charge is 2.23. The van der Waals surface area contributed by atoms with Gasteiger partial charge in [-0.2, -0.15) is 0 Å². The summed E-state index contributed by atoms with van der Waals surface area (Å²) >= 11 is 0. The smallest absolute Gasteiger partial charge is 0.178 e. The molecule has 0 fully saturated rings. The van der Waals surface area contributed by atoms with Crippen molar-refractivity contribution in [3.8, 4) is 11.1 Å². The minimum absolute atomic E-state index is 0.107. The summed E-state index contributed by atoms with van der Waals surface area (Å²) in [7, 11) is 0. The second-order valence-corrected chi connectivity index (χ2v) is 7.01. The van der Waals surface area contributed by atoms with Gasteiger partial charge in [0.2, 0.25) is 0 Å². The fourth-order valence-electron chi connectivity index (χ4n) is 3.46. The third kappa shape index (κ3) is 4.36. The Bertz CT molecular complexity index is 767. The van der Waals surface area contributed by atoms with Gasteiger partial charge in [0.1, 0.15) is 11.5 Å².